The van der Waals surface area contributed by atoms with Crippen molar-refractivity contribution in [2.45, 2.75) is 26.7 Å². The van der Waals surface area contributed by atoms with Crippen LogP contribution in [0.4, 0.5) is 0 Å². The molecule has 0 aromatic heterocycles. The van der Waals surface area contributed by atoms with Crippen molar-refractivity contribution >= 4 is 0 Å². The van der Waals surface area contributed by atoms with Crippen molar-refractivity contribution in [1.29, 1.82) is 0 Å². The van der Waals surface area contributed by atoms with Crippen molar-refractivity contribution in [3.8, 4) is 0 Å². The molecule has 1 heteroatoms. The second-order valence-corrected chi connectivity index (χ2v) is 1.54. The quantitative estimate of drug-likeness (QED) is 0.559. The van der Waals surface area contributed by atoms with E-state index in [0.29, 0.717) is 0 Å². The van der Waals surface area contributed by atoms with E-state index in [1.165, 1.54) is 0 Å². The first-order chi connectivity index (χ1) is 3.31. The molecule has 42 valence electrons. The minimum absolute atomic E-state index is 0.980. The van der Waals surface area contributed by atoms with Crippen molar-refractivity contribution in [1.82, 2.24) is 0 Å². The number of hydrogen-bond donors (Lipinski definition) is 1. The van der Waals surface area contributed by atoms with Crippen molar-refractivity contribution in [2.75, 3.05) is 0 Å². The highest BCUT2D eigenvalue weighted by Crippen LogP contribution is 1.90. The van der Waals surface area contributed by atoms with Gasteiger partial charge in [-0.15, -0.1) is 0 Å². The summed E-state index contributed by atoms with van der Waals surface area (Å²) in [6.07, 6.45) is 4.08. The zero-order valence-corrected chi connectivity index (χ0v) is 5.07. The summed E-state index contributed by atoms with van der Waals surface area (Å²) in [7, 11) is 0. The Labute approximate surface area is 45.2 Å². The monoisotopic (exact) mass is 99.1 g/mol. The van der Waals surface area contributed by atoms with Gasteiger partial charge in [0.2, 0.25) is 0 Å². The van der Waals surface area contributed by atoms with Gasteiger partial charge in [-0.05, 0) is 12.8 Å². The van der Waals surface area contributed by atoms with Gasteiger partial charge in [-0.1, -0.05) is 19.9 Å². The smallest absolute Gasteiger partial charge is 0.00370 e. The number of rotatable bonds is 2. The highest BCUT2D eigenvalue weighted by molar-refractivity contribution is 4.93. The summed E-state index contributed by atoms with van der Waals surface area (Å²) in [5, 5.41) is 0. The fourth-order valence-electron chi connectivity index (χ4n) is 0.407. The highest BCUT2D eigenvalue weighted by atomic mass is 14.6. The zero-order chi connectivity index (χ0) is 5.70. The van der Waals surface area contributed by atoms with Crippen molar-refractivity contribution in [3.63, 3.8) is 0 Å². The lowest BCUT2D eigenvalue weighted by molar-refractivity contribution is 1.03. The van der Waals surface area contributed by atoms with Gasteiger partial charge in [0.15, 0.2) is 0 Å². The molecule has 7 heavy (non-hydrogen) atoms. The molecular weight excluding hydrogens is 86.1 g/mol. The molecule has 0 atom stereocenters. The lowest BCUT2D eigenvalue weighted by atomic mass is 10.3. The first-order valence-electron chi connectivity index (χ1n) is 2.75. The van der Waals surface area contributed by atoms with E-state index >= 15 is 0 Å². The predicted molar refractivity (Wildman–Crippen MR) is 32.9 cm³/mol. The zero-order valence-electron chi connectivity index (χ0n) is 5.07. The first-order valence-corrected chi connectivity index (χ1v) is 2.75. The molecule has 0 saturated heterocycles. The molecule has 0 aromatic carbocycles. The van der Waals surface area contributed by atoms with Crippen LogP contribution in [0.5, 0.6) is 0 Å². The van der Waals surface area contributed by atoms with E-state index in [9.17, 15) is 0 Å². The van der Waals surface area contributed by atoms with Gasteiger partial charge in [0.25, 0.3) is 0 Å². The average molecular weight is 99.2 g/mol. The maximum absolute atomic E-state index is 5.44. The third-order valence-electron chi connectivity index (χ3n) is 0.875. The largest absolute Gasteiger partial charge is 0.402 e. The Hall–Kier alpha value is -0.460. The topological polar surface area (TPSA) is 26.0 Å². The molecule has 0 spiro atoms. The molecule has 0 aliphatic heterocycles. The molecule has 0 aliphatic carbocycles. The van der Waals surface area contributed by atoms with Crippen LogP contribution >= 0.6 is 0 Å². The Morgan fingerprint density at radius 2 is 2.14 bits per heavy atom. The van der Waals surface area contributed by atoms with Crippen LogP contribution < -0.4 is 5.73 Å². The Balaban J connectivity index is 3.29. The Morgan fingerprint density at radius 1 is 1.57 bits per heavy atom. The van der Waals surface area contributed by atoms with E-state index in [1.807, 2.05) is 6.08 Å². The fourth-order valence-corrected chi connectivity index (χ4v) is 0.407. The van der Waals surface area contributed by atoms with Gasteiger partial charge in [-0.2, -0.15) is 0 Å². The van der Waals surface area contributed by atoms with Gasteiger partial charge in [0, 0.05) is 5.70 Å². The first kappa shape index (κ1) is 6.54. The van der Waals surface area contributed by atoms with Gasteiger partial charge in [-0.25, -0.2) is 0 Å². The Morgan fingerprint density at radius 3 is 2.29 bits per heavy atom. The normalized spacial score (nSPS) is 12.0. The van der Waals surface area contributed by atoms with Crippen molar-refractivity contribution in [2.24, 2.45) is 5.73 Å². The molecule has 0 heterocycles. The van der Waals surface area contributed by atoms with Crippen LogP contribution in [-0.4, -0.2) is 0 Å². The summed E-state index contributed by atoms with van der Waals surface area (Å²) in [5.74, 6) is 0. The van der Waals surface area contributed by atoms with E-state index in [2.05, 4.69) is 13.8 Å². The maximum Gasteiger partial charge on any atom is 0.00370 e. The Kier molecular flexibility index (Phi) is 3.48. The third-order valence-corrected chi connectivity index (χ3v) is 0.875. The summed E-state index contributed by atoms with van der Waals surface area (Å²) < 4.78 is 0. The predicted octanol–water partition coefficient (Wildman–Crippen LogP) is 1.65. The summed E-state index contributed by atoms with van der Waals surface area (Å²) in [5.41, 5.74) is 6.45. The number of hydrogen-bond acceptors (Lipinski definition) is 1. The van der Waals surface area contributed by atoms with E-state index in [4.69, 9.17) is 5.73 Å². The van der Waals surface area contributed by atoms with Crippen molar-refractivity contribution < 1.29 is 0 Å². The molecule has 0 fully saturated rings. The summed E-state index contributed by atoms with van der Waals surface area (Å²) in [4.78, 5) is 0. The molecule has 0 radical (unpaired) electrons. The van der Waals surface area contributed by atoms with Gasteiger partial charge in [0.1, 0.15) is 0 Å². The van der Waals surface area contributed by atoms with Gasteiger partial charge in [-0.3, -0.25) is 0 Å². The van der Waals surface area contributed by atoms with Crippen LogP contribution in [0.25, 0.3) is 0 Å². The third kappa shape index (κ3) is 3.37. The lowest BCUT2D eigenvalue weighted by Gasteiger charge is -1.89. The molecule has 0 rings (SSSR count). The molecule has 2 N–H and O–H groups in total. The second-order valence-electron chi connectivity index (χ2n) is 1.54. The molecule has 0 saturated carbocycles. The molecule has 0 bridgehead atoms. The fraction of sp³-hybridized carbons (Fsp3) is 0.667. The minimum Gasteiger partial charge on any atom is -0.402 e. The van der Waals surface area contributed by atoms with Gasteiger partial charge < -0.3 is 5.73 Å². The standard InChI is InChI=1S/C6H13N/c1-3-5-6(7)4-2/h5H,3-4,7H2,1-2H3. The molecule has 0 unspecified atom stereocenters. The summed E-state index contributed by atoms with van der Waals surface area (Å²) in [6.45, 7) is 4.14. The number of nitrogens with two attached hydrogens (primary N) is 1. The maximum atomic E-state index is 5.44. The van der Waals surface area contributed by atoms with Crippen LogP contribution in [0.3, 0.4) is 0 Å². The minimum atomic E-state index is 0.980. The molecule has 0 aromatic rings. The second kappa shape index (κ2) is 3.72. The van der Waals surface area contributed by atoms with Crippen LogP contribution in [0.1, 0.15) is 26.7 Å². The summed E-state index contributed by atoms with van der Waals surface area (Å²) in [6, 6.07) is 0. The molecular formula is C6H13N. The summed E-state index contributed by atoms with van der Waals surface area (Å²) >= 11 is 0. The van der Waals surface area contributed by atoms with E-state index in [1.54, 1.807) is 0 Å². The SMILES string of the molecule is CCC=C(N)CC. The lowest BCUT2D eigenvalue weighted by Crippen LogP contribution is -1.92. The highest BCUT2D eigenvalue weighted by Gasteiger charge is 1.77. The van der Waals surface area contributed by atoms with Crippen LogP contribution in [0, 0.1) is 0 Å². The van der Waals surface area contributed by atoms with E-state index < -0.39 is 0 Å². The van der Waals surface area contributed by atoms with Crippen LogP contribution in [0.2, 0.25) is 0 Å². The van der Waals surface area contributed by atoms with E-state index in [0.717, 1.165) is 18.5 Å². The van der Waals surface area contributed by atoms with Gasteiger partial charge in [0.05, 0.1) is 0 Å². The van der Waals surface area contributed by atoms with Gasteiger partial charge >= 0.3 is 0 Å². The molecule has 0 aliphatic rings. The Bertz CT molecular complexity index is 64.6. The van der Waals surface area contributed by atoms with E-state index in [-0.39, 0.29) is 0 Å². The average Bonchev–Trinajstić information content (AvgIpc) is 1.68. The van der Waals surface area contributed by atoms with Crippen molar-refractivity contribution in [3.05, 3.63) is 11.8 Å². The van der Waals surface area contributed by atoms with Crippen LogP contribution in [-0.2, 0) is 0 Å². The van der Waals surface area contributed by atoms with Crippen LogP contribution in [0.15, 0.2) is 11.8 Å². The molecule has 1 nitrogen and oxygen atoms in total. The number of allylic oxidation sites excluding steroid dienone is 2. The molecule has 0 amide bonds.